The third-order valence-electron chi connectivity index (χ3n) is 3.26. The standard InChI is InChI=1S/C20H20BrN3O2S/c1-3-10-26-19-12-17(21)16(11-18(19)25-4-2)13-23-24-20(22)27-14-15-8-6-5-7-9-15/h1,5-9,11-13H,4,10,14H2,2H3,(H2,22,24). The molecule has 0 amide bonds. The number of thioether (sulfide) groups is 1. The SMILES string of the molecule is C#CCOc1cc(Br)c(C=NN=C(N)SCc2ccccc2)cc1OCC. The highest BCUT2D eigenvalue weighted by atomic mass is 79.9. The molecule has 2 aromatic carbocycles. The fourth-order valence-corrected chi connectivity index (χ4v) is 3.10. The largest absolute Gasteiger partial charge is 0.490 e. The molecule has 2 aromatic rings. The van der Waals surface area contributed by atoms with Crippen molar-refractivity contribution in [1.29, 1.82) is 0 Å². The van der Waals surface area contributed by atoms with Gasteiger partial charge in [0.2, 0.25) is 0 Å². The van der Waals surface area contributed by atoms with E-state index in [0.29, 0.717) is 23.3 Å². The zero-order valence-electron chi connectivity index (χ0n) is 14.9. The lowest BCUT2D eigenvalue weighted by Crippen LogP contribution is -2.06. The second-order valence-corrected chi connectivity index (χ2v) is 7.05. The van der Waals surface area contributed by atoms with Crippen LogP contribution in [0.4, 0.5) is 0 Å². The van der Waals surface area contributed by atoms with Gasteiger partial charge in [-0.05, 0) is 40.5 Å². The summed E-state index contributed by atoms with van der Waals surface area (Å²) in [5, 5.41) is 8.49. The molecule has 0 heterocycles. The summed E-state index contributed by atoms with van der Waals surface area (Å²) in [4.78, 5) is 0. The number of halogens is 1. The Bertz CT molecular complexity index is 848. The van der Waals surface area contributed by atoms with Crippen LogP contribution in [0.3, 0.4) is 0 Å². The number of ether oxygens (including phenoxy) is 2. The second kappa shape index (κ2) is 11.3. The molecule has 0 saturated carbocycles. The zero-order valence-corrected chi connectivity index (χ0v) is 17.3. The average Bonchev–Trinajstić information content (AvgIpc) is 2.68. The first-order valence-corrected chi connectivity index (χ1v) is 9.97. The topological polar surface area (TPSA) is 69.2 Å². The van der Waals surface area contributed by atoms with Gasteiger partial charge in [-0.25, -0.2) is 0 Å². The number of nitrogens with zero attached hydrogens (tertiary/aromatic N) is 2. The van der Waals surface area contributed by atoms with Crippen LogP contribution in [0.15, 0.2) is 57.1 Å². The smallest absolute Gasteiger partial charge is 0.180 e. The van der Waals surface area contributed by atoms with E-state index in [2.05, 4.69) is 32.1 Å². The van der Waals surface area contributed by atoms with Gasteiger partial charge in [-0.2, -0.15) is 5.10 Å². The molecule has 5 nitrogen and oxygen atoms in total. The fraction of sp³-hybridized carbons (Fsp3) is 0.200. The molecule has 0 bridgehead atoms. The van der Waals surface area contributed by atoms with Crippen molar-refractivity contribution in [2.75, 3.05) is 13.2 Å². The summed E-state index contributed by atoms with van der Waals surface area (Å²) in [6.07, 6.45) is 6.85. The van der Waals surface area contributed by atoms with Crippen LogP contribution < -0.4 is 15.2 Å². The zero-order chi connectivity index (χ0) is 19.5. The lowest BCUT2D eigenvalue weighted by atomic mass is 10.2. The normalized spacial score (nSPS) is 11.4. The molecule has 0 fully saturated rings. The number of benzene rings is 2. The highest BCUT2D eigenvalue weighted by molar-refractivity contribution is 9.10. The minimum Gasteiger partial charge on any atom is -0.490 e. The molecule has 0 radical (unpaired) electrons. The Morgan fingerprint density at radius 3 is 2.70 bits per heavy atom. The van der Waals surface area contributed by atoms with Crippen molar-refractivity contribution in [2.24, 2.45) is 15.9 Å². The van der Waals surface area contributed by atoms with E-state index >= 15 is 0 Å². The van der Waals surface area contributed by atoms with Crippen LogP contribution in [-0.2, 0) is 5.75 Å². The first-order chi connectivity index (χ1) is 13.1. The van der Waals surface area contributed by atoms with Crippen LogP contribution in [0.1, 0.15) is 18.1 Å². The molecular weight excluding hydrogens is 426 g/mol. The van der Waals surface area contributed by atoms with Crippen molar-refractivity contribution in [1.82, 2.24) is 0 Å². The number of hydrogen-bond donors (Lipinski definition) is 1. The Balaban J connectivity index is 2.06. The van der Waals surface area contributed by atoms with E-state index in [0.717, 1.165) is 15.8 Å². The third kappa shape index (κ3) is 7.00. The van der Waals surface area contributed by atoms with Crippen LogP contribution in [0.25, 0.3) is 0 Å². The predicted molar refractivity (Wildman–Crippen MR) is 117 cm³/mol. The number of nitrogens with two attached hydrogens (primary N) is 1. The molecule has 140 valence electrons. The molecule has 0 aliphatic heterocycles. The summed E-state index contributed by atoms with van der Waals surface area (Å²) in [5.41, 5.74) is 7.87. The molecule has 0 aromatic heterocycles. The van der Waals surface area contributed by atoms with Crippen molar-refractivity contribution < 1.29 is 9.47 Å². The second-order valence-electron chi connectivity index (χ2n) is 5.20. The molecule has 0 spiro atoms. The van der Waals surface area contributed by atoms with Crippen LogP contribution >= 0.6 is 27.7 Å². The lowest BCUT2D eigenvalue weighted by molar-refractivity contribution is 0.299. The number of amidine groups is 1. The first-order valence-electron chi connectivity index (χ1n) is 8.19. The Kier molecular flexibility index (Phi) is 8.75. The van der Waals surface area contributed by atoms with Crippen molar-refractivity contribution >= 4 is 39.1 Å². The van der Waals surface area contributed by atoms with E-state index in [1.165, 1.54) is 17.3 Å². The lowest BCUT2D eigenvalue weighted by Gasteiger charge is -2.12. The molecule has 0 saturated heterocycles. The Morgan fingerprint density at radius 2 is 2.00 bits per heavy atom. The summed E-state index contributed by atoms with van der Waals surface area (Å²) in [7, 11) is 0. The van der Waals surface area contributed by atoms with Crippen LogP contribution in [0, 0.1) is 12.3 Å². The summed E-state index contributed by atoms with van der Waals surface area (Å²) in [5.74, 6) is 4.34. The first kappa shape index (κ1) is 20.9. The maximum absolute atomic E-state index is 5.90. The monoisotopic (exact) mass is 445 g/mol. The van der Waals surface area contributed by atoms with Crippen molar-refractivity contribution in [3.05, 3.63) is 58.1 Å². The molecule has 0 atom stereocenters. The van der Waals surface area contributed by atoms with Gasteiger partial charge >= 0.3 is 0 Å². The van der Waals surface area contributed by atoms with Gasteiger partial charge in [0.25, 0.3) is 0 Å². The van der Waals surface area contributed by atoms with Gasteiger partial charge in [0.05, 0.1) is 12.8 Å². The fourth-order valence-electron chi connectivity index (χ4n) is 2.06. The summed E-state index contributed by atoms with van der Waals surface area (Å²) >= 11 is 4.92. The van der Waals surface area contributed by atoms with Gasteiger partial charge in [0, 0.05) is 15.8 Å². The Labute approximate surface area is 172 Å². The van der Waals surface area contributed by atoms with E-state index in [-0.39, 0.29) is 6.61 Å². The van der Waals surface area contributed by atoms with Gasteiger partial charge < -0.3 is 15.2 Å². The van der Waals surface area contributed by atoms with Crippen molar-refractivity contribution in [3.8, 4) is 23.8 Å². The molecule has 27 heavy (non-hydrogen) atoms. The van der Waals surface area contributed by atoms with Gasteiger partial charge in [-0.1, -0.05) is 48.0 Å². The molecule has 2 N–H and O–H groups in total. The van der Waals surface area contributed by atoms with Crippen LogP contribution in [-0.4, -0.2) is 24.6 Å². The number of rotatable bonds is 8. The van der Waals surface area contributed by atoms with Crippen LogP contribution in [0.5, 0.6) is 11.5 Å². The third-order valence-corrected chi connectivity index (χ3v) is 4.80. The van der Waals surface area contributed by atoms with Gasteiger partial charge in [0.15, 0.2) is 16.7 Å². The van der Waals surface area contributed by atoms with Gasteiger partial charge in [-0.3, -0.25) is 0 Å². The summed E-state index contributed by atoms with van der Waals surface area (Å²) < 4.78 is 11.9. The minimum absolute atomic E-state index is 0.166. The van der Waals surface area contributed by atoms with E-state index in [9.17, 15) is 0 Å². The quantitative estimate of drug-likeness (QED) is 0.282. The van der Waals surface area contributed by atoms with E-state index in [1.54, 1.807) is 12.3 Å². The summed E-state index contributed by atoms with van der Waals surface area (Å²) in [6.45, 7) is 2.57. The highest BCUT2D eigenvalue weighted by Crippen LogP contribution is 2.33. The molecule has 0 aliphatic rings. The van der Waals surface area contributed by atoms with Gasteiger partial charge in [0.1, 0.15) is 6.61 Å². The highest BCUT2D eigenvalue weighted by Gasteiger charge is 2.09. The molecular formula is C20H20BrN3O2S. The maximum Gasteiger partial charge on any atom is 0.180 e. The van der Waals surface area contributed by atoms with Crippen molar-refractivity contribution in [2.45, 2.75) is 12.7 Å². The average molecular weight is 446 g/mol. The summed E-state index contributed by atoms with van der Waals surface area (Å²) in [6, 6.07) is 13.6. The van der Waals surface area contributed by atoms with Crippen LogP contribution in [0.2, 0.25) is 0 Å². The van der Waals surface area contributed by atoms with E-state index < -0.39 is 0 Å². The Morgan fingerprint density at radius 1 is 1.26 bits per heavy atom. The molecule has 2 rings (SSSR count). The minimum atomic E-state index is 0.166. The maximum atomic E-state index is 5.90. The predicted octanol–water partition coefficient (Wildman–Crippen LogP) is 4.44. The van der Waals surface area contributed by atoms with E-state index in [4.69, 9.17) is 21.6 Å². The van der Waals surface area contributed by atoms with Gasteiger partial charge in [-0.15, -0.1) is 11.5 Å². The number of hydrogen-bond acceptors (Lipinski definition) is 5. The number of terminal acetylenes is 1. The van der Waals surface area contributed by atoms with Crippen molar-refractivity contribution in [3.63, 3.8) is 0 Å². The molecule has 7 heteroatoms. The molecule has 0 aliphatic carbocycles. The molecule has 0 unspecified atom stereocenters. The van der Waals surface area contributed by atoms with E-state index in [1.807, 2.05) is 43.3 Å². The Hall–Kier alpha value is -2.43.